The molecule has 2 heterocycles. The van der Waals surface area contributed by atoms with E-state index in [-0.39, 0.29) is 34.1 Å². The summed E-state index contributed by atoms with van der Waals surface area (Å²) < 4.78 is 2.69. The third kappa shape index (κ3) is 3.74. The normalized spacial score (nSPS) is 11.1. The quantitative estimate of drug-likeness (QED) is 0.269. The van der Waals surface area contributed by atoms with Crippen LogP contribution in [-0.4, -0.2) is 30.2 Å². The highest BCUT2D eigenvalue weighted by atomic mass is 16.6. The molecule has 0 radical (unpaired) electrons. The average molecular weight is 444 g/mol. The molecule has 0 amide bonds. The van der Waals surface area contributed by atoms with Crippen molar-refractivity contribution in [3.63, 3.8) is 0 Å². The molecule has 2 aromatic heterocycles. The number of nitrogens with one attached hydrogen (secondary N) is 2. The number of nitro benzene ring substituents is 1. The Labute approximate surface area is 185 Å². The highest BCUT2D eigenvalue weighted by Crippen LogP contribution is 2.24. The molecule has 2 N–H and O–H groups in total. The van der Waals surface area contributed by atoms with Crippen LogP contribution in [0.5, 0.6) is 0 Å². The van der Waals surface area contributed by atoms with Gasteiger partial charge >= 0.3 is 5.69 Å². The number of hydrazone groups is 1. The number of nitrogens with zero attached hydrogens (tertiary/aromatic N) is 6. The molecule has 4 aromatic rings. The lowest BCUT2D eigenvalue weighted by atomic mass is 10.1. The van der Waals surface area contributed by atoms with Crippen molar-refractivity contribution in [2.45, 2.75) is 0 Å². The lowest BCUT2D eigenvalue weighted by molar-refractivity contribution is -0.384. The summed E-state index contributed by atoms with van der Waals surface area (Å²) in [6.45, 7) is 0. The molecule has 0 saturated heterocycles. The predicted octanol–water partition coefficient (Wildman–Crippen LogP) is 1.85. The van der Waals surface area contributed by atoms with Crippen molar-refractivity contribution in [3.05, 3.63) is 84.5 Å². The average Bonchev–Trinajstić information content (AvgIpc) is 3.02. The molecule has 0 atom stereocenters. The third-order valence-electron chi connectivity index (χ3n) is 5.07. The Morgan fingerprint density at radius 3 is 2.48 bits per heavy atom. The van der Waals surface area contributed by atoms with Gasteiger partial charge in [0, 0.05) is 25.7 Å². The number of aryl methyl sites for hydroxylation is 2. The number of rotatable bonds is 5. The van der Waals surface area contributed by atoms with Crippen LogP contribution in [0.2, 0.25) is 0 Å². The van der Waals surface area contributed by atoms with E-state index in [1.54, 1.807) is 37.4 Å². The van der Waals surface area contributed by atoms with Crippen LogP contribution in [0, 0.1) is 21.4 Å². The smallest absolute Gasteiger partial charge is 0.295 e. The molecule has 164 valence electrons. The van der Waals surface area contributed by atoms with Gasteiger partial charge in [0.05, 0.1) is 33.4 Å². The molecule has 0 saturated carbocycles. The molecule has 0 aliphatic heterocycles. The summed E-state index contributed by atoms with van der Waals surface area (Å²) in [6.07, 6.45) is 1.19. The number of H-pyrrole nitrogens is 1. The highest BCUT2D eigenvalue weighted by molar-refractivity contribution is 5.93. The highest BCUT2D eigenvalue weighted by Gasteiger charge is 2.18. The van der Waals surface area contributed by atoms with E-state index in [0.717, 1.165) is 0 Å². The second-order valence-corrected chi connectivity index (χ2v) is 7.04. The summed E-state index contributed by atoms with van der Waals surface area (Å²) in [5.74, 6) is -0.0510. The Kier molecular flexibility index (Phi) is 5.29. The number of anilines is 1. The maximum absolute atomic E-state index is 12.3. The Bertz CT molecular complexity index is 1590. The summed E-state index contributed by atoms with van der Waals surface area (Å²) >= 11 is 0. The molecule has 0 aliphatic rings. The van der Waals surface area contributed by atoms with Crippen molar-refractivity contribution in [2.24, 2.45) is 19.2 Å². The van der Waals surface area contributed by atoms with Crippen LogP contribution >= 0.6 is 0 Å². The molecule has 0 aliphatic carbocycles. The zero-order chi connectivity index (χ0) is 23.7. The van der Waals surface area contributed by atoms with Gasteiger partial charge in [-0.25, -0.2) is 15.2 Å². The van der Waals surface area contributed by atoms with Crippen LogP contribution in [0.25, 0.3) is 22.3 Å². The second kappa shape index (κ2) is 8.23. The lowest BCUT2D eigenvalue weighted by Gasteiger charge is -2.06. The fourth-order valence-corrected chi connectivity index (χ4v) is 3.41. The van der Waals surface area contributed by atoms with E-state index in [1.807, 2.05) is 6.07 Å². The molecule has 12 nitrogen and oxygen atoms in total. The van der Waals surface area contributed by atoms with E-state index in [1.165, 1.54) is 34.5 Å². The third-order valence-corrected chi connectivity index (χ3v) is 5.07. The first-order valence-electron chi connectivity index (χ1n) is 9.54. The molecular weight excluding hydrogens is 428 g/mol. The molecule has 0 unspecified atom stereocenters. The summed E-state index contributed by atoms with van der Waals surface area (Å²) in [6, 6.07) is 13.3. The van der Waals surface area contributed by atoms with E-state index in [4.69, 9.17) is 0 Å². The number of imidazole rings is 1. The van der Waals surface area contributed by atoms with Crippen molar-refractivity contribution < 1.29 is 4.92 Å². The monoisotopic (exact) mass is 444 g/mol. The van der Waals surface area contributed by atoms with Crippen LogP contribution in [-0.2, 0) is 14.1 Å². The summed E-state index contributed by atoms with van der Waals surface area (Å²) in [5, 5.41) is 24.9. The van der Waals surface area contributed by atoms with Crippen LogP contribution in [0.4, 0.5) is 11.6 Å². The number of nitriles is 1. The summed E-state index contributed by atoms with van der Waals surface area (Å²) in [7, 11) is 3.09. The van der Waals surface area contributed by atoms with Gasteiger partial charge in [0.15, 0.2) is 0 Å². The van der Waals surface area contributed by atoms with Crippen LogP contribution < -0.4 is 16.7 Å². The Balaban J connectivity index is 1.74. The van der Waals surface area contributed by atoms with Gasteiger partial charge in [-0.3, -0.25) is 29.0 Å². The largest absolute Gasteiger partial charge is 0.328 e. The molecule has 0 bridgehead atoms. The SMILES string of the molecule is Cn1c(=O)n(C)c2cc([N+](=O)[O-])c(C=NNc3nc(-c4ccccc4)c(C#N)c(=O)[nH]3)cc21. The molecule has 0 spiro atoms. The van der Waals surface area contributed by atoms with Crippen molar-refractivity contribution in [3.8, 4) is 17.3 Å². The zero-order valence-corrected chi connectivity index (χ0v) is 17.4. The van der Waals surface area contributed by atoms with E-state index in [9.17, 15) is 25.0 Å². The van der Waals surface area contributed by atoms with Gasteiger partial charge in [0.2, 0.25) is 5.95 Å². The van der Waals surface area contributed by atoms with Crippen molar-refractivity contribution in [1.82, 2.24) is 19.1 Å². The fraction of sp³-hybridized carbons (Fsp3) is 0.0952. The standard InChI is InChI=1S/C21H16N8O4/c1-27-16-8-13(15(29(32)33)9-17(16)28(2)21(27)31)11-23-26-20-24-18(12-6-4-3-5-7-12)14(10-22)19(30)25-20/h3-9,11H,1-2H3,(H2,24,25,26,30). The molecule has 4 rings (SSSR count). The molecule has 0 fully saturated rings. The van der Waals surface area contributed by atoms with E-state index in [0.29, 0.717) is 16.6 Å². The molecule has 33 heavy (non-hydrogen) atoms. The van der Waals surface area contributed by atoms with Crippen LogP contribution in [0.3, 0.4) is 0 Å². The summed E-state index contributed by atoms with van der Waals surface area (Å²) in [4.78, 5) is 42.1. The Hall–Kier alpha value is -5.05. The van der Waals surface area contributed by atoms with Crippen LogP contribution in [0.1, 0.15) is 11.1 Å². The first kappa shape index (κ1) is 21.2. The van der Waals surface area contributed by atoms with Crippen molar-refractivity contribution in [2.75, 3.05) is 5.43 Å². The maximum Gasteiger partial charge on any atom is 0.328 e. The van der Waals surface area contributed by atoms with Gasteiger partial charge in [-0.15, -0.1) is 0 Å². The van der Waals surface area contributed by atoms with E-state index >= 15 is 0 Å². The molecule has 12 heteroatoms. The number of aromatic nitrogens is 4. The minimum Gasteiger partial charge on any atom is -0.295 e. The summed E-state index contributed by atoms with van der Waals surface area (Å²) in [5.41, 5.74) is 2.94. The minimum absolute atomic E-state index is 0.0510. The van der Waals surface area contributed by atoms with Crippen molar-refractivity contribution in [1.29, 1.82) is 5.26 Å². The Morgan fingerprint density at radius 2 is 1.85 bits per heavy atom. The zero-order valence-electron chi connectivity index (χ0n) is 17.4. The molecule has 2 aromatic carbocycles. The molecular formula is C21H16N8O4. The van der Waals surface area contributed by atoms with Gasteiger partial charge in [0.25, 0.3) is 11.2 Å². The maximum atomic E-state index is 12.3. The number of fused-ring (bicyclic) bond motifs is 1. The van der Waals surface area contributed by atoms with Gasteiger partial charge in [0.1, 0.15) is 11.6 Å². The predicted molar refractivity (Wildman–Crippen MR) is 121 cm³/mol. The van der Waals surface area contributed by atoms with Gasteiger partial charge in [-0.2, -0.15) is 10.4 Å². The van der Waals surface area contributed by atoms with Crippen molar-refractivity contribution >= 4 is 28.9 Å². The number of hydrogen-bond donors (Lipinski definition) is 2. The first-order valence-corrected chi connectivity index (χ1v) is 9.54. The number of benzene rings is 2. The Morgan fingerprint density at radius 1 is 1.18 bits per heavy atom. The number of aromatic amines is 1. The van der Waals surface area contributed by atoms with E-state index < -0.39 is 10.5 Å². The topological polar surface area (TPSA) is 164 Å². The van der Waals surface area contributed by atoms with Gasteiger partial charge in [-0.1, -0.05) is 30.3 Å². The van der Waals surface area contributed by atoms with E-state index in [2.05, 4.69) is 20.5 Å². The van der Waals surface area contributed by atoms with Crippen LogP contribution in [0.15, 0.2) is 57.2 Å². The first-order chi connectivity index (χ1) is 15.8. The second-order valence-electron chi connectivity index (χ2n) is 7.04. The minimum atomic E-state index is -0.657. The van der Waals surface area contributed by atoms with Gasteiger partial charge < -0.3 is 0 Å². The lowest BCUT2D eigenvalue weighted by Crippen LogP contribution is -2.19. The fourth-order valence-electron chi connectivity index (χ4n) is 3.41. The number of hydrogen-bond acceptors (Lipinski definition) is 8. The van der Waals surface area contributed by atoms with Gasteiger partial charge in [-0.05, 0) is 6.07 Å². The number of nitro groups is 1.